The van der Waals surface area contributed by atoms with Crippen LogP contribution in [0.15, 0.2) is 73.1 Å². The van der Waals surface area contributed by atoms with Gasteiger partial charge >= 0.3 is 0 Å². The average molecular weight is 422 g/mol. The molecule has 3 aromatic heterocycles. The molecule has 32 heavy (non-hydrogen) atoms. The van der Waals surface area contributed by atoms with Gasteiger partial charge in [0.2, 0.25) is 0 Å². The molecule has 0 aliphatic rings. The van der Waals surface area contributed by atoms with E-state index in [1.54, 1.807) is 0 Å². The van der Waals surface area contributed by atoms with E-state index >= 15 is 0 Å². The Kier molecular flexibility index (Phi) is 5.14. The van der Waals surface area contributed by atoms with Crippen LogP contribution < -0.4 is 4.74 Å². The molecule has 0 N–H and O–H groups in total. The van der Waals surface area contributed by atoms with Gasteiger partial charge in [0.25, 0.3) is 0 Å². The maximum absolute atomic E-state index is 5.77. The molecule has 0 amide bonds. The van der Waals surface area contributed by atoms with Crippen molar-refractivity contribution in [3.05, 3.63) is 84.3 Å². The highest BCUT2D eigenvalue weighted by Crippen LogP contribution is 2.31. The summed E-state index contributed by atoms with van der Waals surface area (Å²) in [6.45, 7) is 8.30. The Bertz CT molecular complexity index is 1410. The van der Waals surface area contributed by atoms with Crippen molar-refractivity contribution >= 4 is 16.6 Å². The number of nitrogens with zero attached hydrogens (tertiary/aromatic N) is 3. The first kappa shape index (κ1) is 20.3. The van der Waals surface area contributed by atoms with Crippen molar-refractivity contribution in [2.75, 3.05) is 0 Å². The van der Waals surface area contributed by atoms with Crippen LogP contribution in [-0.2, 0) is 6.42 Å². The molecule has 0 unspecified atom stereocenters. The van der Waals surface area contributed by atoms with E-state index in [0.717, 1.165) is 45.8 Å². The van der Waals surface area contributed by atoms with E-state index in [2.05, 4.69) is 66.1 Å². The number of rotatable bonds is 5. The molecule has 2 aromatic carbocycles. The molecule has 0 aliphatic heterocycles. The number of aryl methyl sites for hydroxylation is 2. The summed E-state index contributed by atoms with van der Waals surface area (Å²) >= 11 is 0. The molecule has 0 saturated heterocycles. The van der Waals surface area contributed by atoms with Crippen molar-refractivity contribution < 1.29 is 4.74 Å². The molecule has 4 heteroatoms. The number of ether oxygens (including phenoxy) is 1. The van der Waals surface area contributed by atoms with Crippen LogP contribution in [0.1, 0.15) is 32.0 Å². The second-order valence-electron chi connectivity index (χ2n) is 8.49. The van der Waals surface area contributed by atoms with Crippen molar-refractivity contribution in [2.24, 2.45) is 0 Å². The summed E-state index contributed by atoms with van der Waals surface area (Å²) in [5.74, 6) is 0.888. The predicted molar refractivity (Wildman–Crippen MR) is 131 cm³/mol. The van der Waals surface area contributed by atoms with Gasteiger partial charge in [-0.25, -0.2) is 4.98 Å². The van der Waals surface area contributed by atoms with Crippen molar-refractivity contribution in [3.63, 3.8) is 0 Å². The zero-order valence-electron chi connectivity index (χ0n) is 19.0. The summed E-state index contributed by atoms with van der Waals surface area (Å²) in [6, 6.07) is 21.2. The minimum atomic E-state index is 0.168. The van der Waals surface area contributed by atoms with E-state index in [9.17, 15) is 0 Å². The first-order valence-electron chi connectivity index (χ1n) is 11.2. The third-order valence-electron chi connectivity index (χ3n) is 5.76. The molecule has 0 spiro atoms. The molecule has 0 saturated carbocycles. The number of aromatic nitrogens is 3. The lowest BCUT2D eigenvalue weighted by Gasteiger charge is -2.11. The van der Waals surface area contributed by atoms with Crippen molar-refractivity contribution in [1.29, 1.82) is 0 Å². The fourth-order valence-electron chi connectivity index (χ4n) is 4.19. The third kappa shape index (κ3) is 3.73. The minimum Gasteiger partial charge on any atom is -0.491 e. The summed E-state index contributed by atoms with van der Waals surface area (Å²) in [4.78, 5) is 9.48. The number of imidazole rings is 1. The van der Waals surface area contributed by atoms with Crippen molar-refractivity contribution in [2.45, 2.75) is 40.2 Å². The van der Waals surface area contributed by atoms with Crippen LogP contribution in [0.3, 0.4) is 0 Å². The maximum atomic E-state index is 5.77. The summed E-state index contributed by atoms with van der Waals surface area (Å²) in [5.41, 5.74) is 8.79. The van der Waals surface area contributed by atoms with Crippen LogP contribution in [0.4, 0.5) is 0 Å². The molecule has 0 aliphatic carbocycles. The lowest BCUT2D eigenvalue weighted by Crippen LogP contribution is -2.05. The molecule has 0 atom stereocenters. The first-order valence-corrected chi connectivity index (χ1v) is 11.2. The Morgan fingerprint density at radius 3 is 2.50 bits per heavy atom. The van der Waals surface area contributed by atoms with Gasteiger partial charge in [-0.15, -0.1) is 0 Å². The largest absolute Gasteiger partial charge is 0.491 e. The highest BCUT2D eigenvalue weighted by molar-refractivity contribution is 5.94. The number of benzene rings is 2. The van der Waals surface area contributed by atoms with Gasteiger partial charge in [-0.05, 0) is 86.3 Å². The van der Waals surface area contributed by atoms with Gasteiger partial charge in [0.1, 0.15) is 11.4 Å². The molecule has 5 aromatic rings. The Morgan fingerprint density at radius 2 is 1.75 bits per heavy atom. The van der Waals surface area contributed by atoms with E-state index in [-0.39, 0.29) is 6.10 Å². The van der Waals surface area contributed by atoms with E-state index in [0.29, 0.717) is 0 Å². The zero-order valence-corrected chi connectivity index (χ0v) is 19.0. The highest BCUT2D eigenvalue weighted by atomic mass is 16.5. The molecule has 3 heterocycles. The van der Waals surface area contributed by atoms with E-state index in [1.807, 2.05) is 39.1 Å². The third-order valence-corrected chi connectivity index (χ3v) is 5.76. The van der Waals surface area contributed by atoms with Gasteiger partial charge < -0.3 is 4.74 Å². The van der Waals surface area contributed by atoms with Crippen LogP contribution in [0.2, 0.25) is 0 Å². The van der Waals surface area contributed by atoms with Crippen LogP contribution in [0.5, 0.6) is 5.75 Å². The normalized spacial score (nSPS) is 11.5. The number of hydrogen-bond donors (Lipinski definition) is 0. The van der Waals surface area contributed by atoms with Gasteiger partial charge in [0.15, 0.2) is 0 Å². The van der Waals surface area contributed by atoms with Crippen molar-refractivity contribution in [1.82, 2.24) is 14.4 Å². The second kappa shape index (κ2) is 8.12. The molecule has 0 fully saturated rings. The predicted octanol–water partition coefficient (Wildman–Crippen LogP) is 6.87. The minimum absolute atomic E-state index is 0.168. The SMILES string of the molecule is CCc1ccc2nc(C)cc(-c3cnc4cc(-c5ccc(OC(C)C)cc5)ccn34)c2c1. The van der Waals surface area contributed by atoms with E-state index in [1.165, 1.54) is 16.5 Å². The Hall–Kier alpha value is -3.66. The lowest BCUT2D eigenvalue weighted by molar-refractivity contribution is 0.242. The highest BCUT2D eigenvalue weighted by Gasteiger charge is 2.13. The van der Waals surface area contributed by atoms with Gasteiger partial charge in [-0.2, -0.15) is 0 Å². The Morgan fingerprint density at radius 1 is 0.938 bits per heavy atom. The molecule has 0 bridgehead atoms. The summed E-state index contributed by atoms with van der Waals surface area (Å²) in [7, 11) is 0. The van der Waals surface area contributed by atoms with Crippen LogP contribution >= 0.6 is 0 Å². The number of pyridine rings is 2. The molecule has 5 rings (SSSR count). The smallest absolute Gasteiger partial charge is 0.137 e. The summed E-state index contributed by atoms with van der Waals surface area (Å²) in [6.07, 6.45) is 5.24. The standard InChI is InChI=1S/C28H27N3O/c1-5-20-6-11-26-24(15-20)25(14-19(4)30-26)27-17-29-28-16-22(12-13-31(27)28)21-7-9-23(10-8-21)32-18(2)3/h6-18H,5H2,1-4H3. The number of fused-ring (bicyclic) bond motifs is 2. The average Bonchev–Trinajstić information content (AvgIpc) is 3.21. The molecule has 160 valence electrons. The molecule has 4 nitrogen and oxygen atoms in total. The van der Waals surface area contributed by atoms with Crippen LogP contribution in [0, 0.1) is 6.92 Å². The van der Waals surface area contributed by atoms with Gasteiger partial charge in [0.05, 0.1) is 23.5 Å². The molecule has 0 radical (unpaired) electrons. The Balaban J connectivity index is 1.58. The van der Waals surface area contributed by atoms with E-state index < -0.39 is 0 Å². The monoisotopic (exact) mass is 421 g/mol. The fourth-order valence-corrected chi connectivity index (χ4v) is 4.19. The zero-order chi connectivity index (χ0) is 22.2. The summed E-state index contributed by atoms with van der Waals surface area (Å²) < 4.78 is 7.93. The second-order valence-corrected chi connectivity index (χ2v) is 8.49. The quantitative estimate of drug-likeness (QED) is 0.311. The van der Waals surface area contributed by atoms with Crippen LogP contribution in [0.25, 0.3) is 38.9 Å². The van der Waals surface area contributed by atoms with Crippen molar-refractivity contribution in [3.8, 4) is 28.1 Å². The van der Waals surface area contributed by atoms with Gasteiger partial charge in [-0.1, -0.05) is 25.1 Å². The fraction of sp³-hybridized carbons (Fsp3) is 0.214. The Labute approximate surface area is 188 Å². The maximum Gasteiger partial charge on any atom is 0.137 e. The van der Waals surface area contributed by atoms with Gasteiger partial charge in [-0.3, -0.25) is 9.38 Å². The topological polar surface area (TPSA) is 39.4 Å². The molecular weight excluding hydrogens is 394 g/mol. The number of hydrogen-bond acceptors (Lipinski definition) is 3. The lowest BCUT2D eigenvalue weighted by atomic mass is 10.0. The summed E-state index contributed by atoms with van der Waals surface area (Å²) in [5, 5.41) is 1.17. The van der Waals surface area contributed by atoms with E-state index in [4.69, 9.17) is 14.7 Å². The van der Waals surface area contributed by atoms with Crippen LogP contribution in [-0.4, -0.2) is 20.5 Å². The first-order chi connectivity index (χ1) is 15.5. The molecular formula is C28H27N3O. The van der Waals surface area contributed by atoms with Gasteiger partial charge in [0, 0.05) is 22.8 Å².